The van der Waals surface area contributed by atoms with Gasteiger partial charge in [0.15, 0.2) is 0 Å². The van der Waals surface area contributed by atoms with Crippen LogP contribution in [0.5, 0.6) is 0 Å². The van der Waals surface area contributed by atoms with Crippen molar-refractivity contribution < 1.29 is 5.11 Å². The Bertz CT molecular complexity index is 155. The number of hydrogen-bond donors (Lipinski definition) is 2. The Hall–Kier alpha value is -0.500. The van der Waals surface area contributed by atoms with E-state index in [9.17, 15) is 5.11 Å². The largest absolute Gasteiger partial charge is 0.393 e. The van der Waals surface area contributed by atoms with Crippen LogP contribution in [0.4, 0.5) is 0 Å². The summed E-state index contributed by atoms with van der Waals surface area (Å²) in [5.41, 5.74) is 0. The lowest BCUT2D eigenvalue weighted by Gasteiger charge is -2.28. The Kier molecular flexibility index (Phi) is 1.42. The van der Waals surface area contributed by atoms with Gasteiger partial charge in [-0.25, -0.2) is 0 Å². The molecule has 2 aliphatic rings. The molecular formula is C8H13NO. The van der Waals surface area contributed by atoms with Gasteiger partial charge in [-0.05, 0) is 25.5 Å². The van der Waals surface area contributed by atoms with E-state index in [1.807, 2.05) is 6.20 Å². The van der Waals surface area contributed by atoms with Crippen molar-refractivity contribution in [1.82, 2.24) is 5.32 Å². The van der Waals surface area contributed by atoms with Crippen molar-refractivity contribution >= 4 is 0 Å². The van der Waals surface area contributed by atoms with Gasteiger partial charge in [0.05, 0.1) is 6.10 Å². The number of fused-ring (bicyclic) bond motifs is 1. The lowest BCUT2D eigenvalue weighted by atomic mass is 9.85. The van der Waals surface area contributed by atoms with E-state index in [0.717, 1.165) is 19.3 Å². The minimum absolute atomic E-state index is 0.0502. The van der Waals surface area contributed by atoms with Gasteiger partial charge in [0.2, 0.25) is 0 Å². The second-order valence-electron chi connectivity index (χ2n) is 3.26. The molecule has 1 aliphatic carbocycles. The van der Waals surface area contributed by atoms with Crippen molar-refractivity contribution in [2.45, 2.75) is 31.4 Å². The Morgan fingerprint density at radius 1 is 1.40 bits per heavy atom. The Balaban J connectivity index is 2.01. The van der Waals surface area contributed by atoms with Gasteiger partial charge in [-0.15, -0.1) is 0 Å². The maximum Gasteiger partial charge on any atom is 0.0547 e. The molecule has 1 heterocycles. The zero-order valence-corrected chi connectivity index (χ0v) is 5.96. The van der Waals surface area contributed by atoms with E-state index < -0.39 is 0 Å². The van der Waals surface area contributed by atoms with Crippen molar-refractivity contribution in [3.8, 4) is 0 Å². The van der Waals surface area contributed by atoms with Gasteiger partial charge >= 0.3 is 0 Å². The third-order valence-corrected chi connectivity index (χ3v) is 2.53. The summed E-state index contributed by atoms with van der Waals surface area (Å²) in [5, 5.41) is 12.6. The zero-order valence-electron chi connectivity index (χ0n) is 5.96. The lowest BCUT2D eigenvalue weighted by molar-refractivity contribution is 0.103. The monoisotopic (exact) mass is 139 g/mol. The molecule has 10 heavy (non-hydrogen) atoms. The summed E-state index contributed by atoms with van der Waals surface area (Å²) in [6, 6.07) is 0.628. The Morgan fingerprint density at radius 3 is 3.20 bits per heavy atom. The zero-order chi connectivity index (χ0) is 6.97. The van der Waals surface area contributed by atoms with Crippen LogP contribution in [0.15, 0.2) is 12.3 Å². The number of rotatable bonds is 0. The molecule has 0 aromatic heterocycles. The summed E-state index contributed by atoms with van der Waals surface area (Å²) in [6.45, 7) is 0. The number of aliphatic hydroxyl groups is 1. The molecule has 1 fully saturated rings. The summed E-state index contributed by atoms with van der Waals surface area (Å²) in [4.78, 5) is 0. The van der Waals surface area contributed by atoms with Crippen LogP contribution in [0.2, 0.25) is 0 Å². The summed E-state index contributed by atoms with van der Waals surface area (Å²) in [6.07, 6.45) is 7.19. The molecule has 0 aromatic carbocycles. The molecule has 2 nitrogen and oxygen atoms in total. The van der Waals surface area contributed by atoms with Crippen molar-refractivity contribution in [3.05, 3.63) is 12.3 Å². The van der Waals surface area contributed by atoms with Crippen LogP contribution in [-0.4, -0.2) is 17.3 Å². The fourth-order valence-corrected chi connectivity index (χ4v) is 1.90. The van der Waals surface area contributed by atoms with Gasteiger partial charge in [0, 0.05) is 12.0 Å². The molecule has 1 saturated carbocycles. The quantitative estimate of drug-likeness (QED) is 0.516. The van der Waals surface area contributed by atoms with E-state index >= 15 is 0 Å². The van der Waals surface area contributed by atoms with Crippen molar-refractivity contribution in [3.63, 3.8) is 0 Å². The maximum absolute atomic E-state index is 9.29. The predicted octanol–water partition coefficient (Wildman–Crippen LogP) is 0.633. The van der Waals surface area contributed by atoms with Crippen LogP contribution in [0.25, 0.3) is 0 Å². The van der Waals surface area contributed by atoms with Gasteiger partial charge in [-0.1, -0.05) is 6.08 Å². The fraction of sp³-hybridized carbons (Fsp3) is 0.750. The molecule has 0 saturated heterocycles. The molecule has 2 heteroatoms. The first-order valence-corrected chi connectivity index (χ1v) is 3.97. The molecule has 1 aliphatic heterocycles. The van der Waals surface area contributed by atoms with Gasteiger partial charge in [-0.2, -0.15) is 0 Å². The van der Waals surface area contributed by atoms with Crippen LogP contribution in [0.3, 0.4) is 0 Å². The SMILES string of the molecule is OC1CCC2NC=CC2C1. The summed E-state index contributed by atoms with van der Waals surface area (Å²) in [5.74, 6) is 0.601. The first-order chi connectivity index (χ1) is 4.86. The maximum atomic E-state index is 9.29. The van der Waals surface area contributed by atoms with E-state index in [-0.39, 0.29) is 6.10 Å². The molecule has 0 spiro atoms. The standard InChI is InChI=1S/C8H13NO/c10-7-1-2-8-6(5-7)3-4-9-8/h3-4,6-10H,1-2,5H2. The summed E-state index contributed by atoms with van der Waals surface area (Å²) in [7, 11) is 0. The van der Waals surface area contributed by atoms with Gasteiger partial charge in [-0.3, -0.25) is 0 Å². The minimum Gasteiger partial charge on any atom is -0.393 e. The van der Waals surface area contributed by atoms with Crippen molar-refractivity contribution in [2.75, 3.05) is 0 Å². The van der Waals surface area contributed by atoms with Crippen LogP contribution >= 0.6 is 0 Å². The van der Waals surface area contributed by atoms with E-state index in [4.69, 9.17) is 0 Å². The number of hydrogen-bond acceptors (Lipinski definition) is 2. The van der Waals surface area contributed by atoms with Gasteiger partial charge < -0.3 is 10.4 Å². The molecule has 2 N–H and O–H groups in total. The molecule has 0 amide bonds. The lowest BCUT2D eigenvalue weighted by Crippen LogP contribution is -2.34. The predicted molar refractivity (Wildman–Crippen MR) is 39.4 cm³/mol. The molecule has 3 unspecified atom stereocenters. The highest BCUT2D eigenvalue weighted by Gasteiger charge is 2.29. The molecule has 0 aromatic rings. The second kappa shape index (κ2) is 2.27. The van der Waals surface area contributed by atoms with E-state index in [2.05, 4.69) is 11.4 Å². The highest BCUT2D eigenvalue weighted by molar-refractivity contribution is 5.05. The summed E-state index contributed by atoms with van der Waals surface area (Å²) >= 11 is 0. The Morgan fingerprint density at radius 2 is 2.30 bits per heavy atom. The fourth-order valence-electron chi connectivity index (χ4n) is 1.90. The molecule has 56 valence electrons. The average molecular weight is 139 g/mol. The van der Waals surface area contributed by atoms with E-state index in [1.54, 1.807) is 0 Å². The smallest absolute Gasteiger partial charge is 0.0547 e. The van der Waals surface area contributed by atoms with E-state index in [0.29, 0.717) is 12.0 Å². The van der Waals surface area contributed by atoms with Crippen LogP contribution in [0, 0.1) is 5.92 Å². The van der Waals surface area contributed by atoms with Crippen molar-refractivity contribution in [1.29, 1.82) is 0 Å². The van der Waals surface area contributed by atoms with Crippen LogP contribution in [0.1, 0.15) is 19.3 Å². The van der Waals surface area contributed by atoms with Gasteiger partial charge in [0.1, 0.15) is 0 Å². The normalized spacial score (nSPS) is 44.7. The first-order valence-electron chi connectivity index (χ1n) is 3.97. The molecule has 2 rings (SSSR count). The molecular weight excluding hydrogens is 126 g/mol. The highest BCUT2D eigenvalue weighted by Crippen LogP contribution is 2.28. The van der Waals surface area contributed by atoms with Crippen LogP contribution in [-0.2, 0) is 0 Å². The second-order valence-corrected chi connectivity index (χ2v) is 3.26. The van der Waals surface area contributed by atoms with Gasteiger partial charge in [0.25, 0.3) is 0 Å². The molecule has 0 bridgehead atoms. The van der Waals surface area contributed by atoms with Crippen LogP contribution < -0.4 is 5.32 Å². The Labute approximate surface area is 60.9 Å². The van der Waals surface area contributed by atoms with E-state index in [1.165, 1.54) is 0 Å². The third-order valence-electron chi connectivity index (χ3n) is 2.53. The first kappa shape index (κ1) is 6.23. The summed E-state index contributed by atoms with van der Waals surface area (Å²) < 4.78 is 0. The molecule has 3 atom stereocenters. The number of aliphatic hydroxyl groups excluding tert-OH is 1. The highest BCUT2D eigenvalue weighted by atomic mass is 16.3. The van der Waals surface area contributed by atoms with Crippen molar-refractivity contribution in [2.24, 2.45) is 5.92 Å². The minimum atomic E-state index is -0.0502. The number of nitrogens with one attached hydrogen (secondary N) is 1. The molecule has 0 radical (unpaired) electrons. The average Bonchev–Trinajstić information content (AvgIpc) is 2.33. The topological polar surface area (TPSA) is 32.3 Å². The third kappa shape index (κ3) is 0.926.